The van der Waals surface area contributed by atoms with Crippen molar-refractivity contribution in [2.45, 2.75) is 40.0 Å². The minimum absolute atomic E-state index is 0.254. The van der Waals surface area contributed by atoms with Crippen LogP contribution in [0.3, 0.4) is 0 Å². The Morgan fingerprint density at radius 3 is 2.54 bits per heavy atom. The Morgan fingerprint density at radius 2 is 2.15 bits per heavy atom. The molecular formula is C11H19NO. The van der Waals surface area contributed by atoms with Gasteiger partial charge in [0.25, 0.3) is 0 Å². The molecule has 1 saturated heterocycles. The molecule has 0 radical (unpaired) electrons. The van der Waals surface area contributed by atoms with Crippen molar-refractivity contribution in [2.24, 2.45) is 16.7 Å². The van der Waals surface area contributed by atoms with E-state index in [1.54, 1.807) is 0 Å². The number of carbonyl (C=O) groups is 1. The van der Waals surface area contributed by atoms with Gasteiger partial charge in [-0.2, -0.15) is 0 Å². The molecule has 0 aromatic heterocycles. The lowest BCUT2D eigenvalue weighted by Gasteiger charge is -2.26. The Kier molecular flexibility index (Phi) is 1.73. The highest BCUT2D eigenvalue weighted by molar-refractivity contribution is 5.79. The molecule has 13 heavy (non-hydrogen) atoms. The lowest BCUT2D eigenvalue weighted by atomic mass is 9.77. The minimum Gasteiger partial charge on any atom is -0.356 e. The molecule has 0 aromatic carbocycles. The zero-order valence-electron chi connectivity index (χ0n) is 8.81. The van der Waals surface area contributed by atoms with E-state index in [9.17, 15) is 4.79 Å². The van der Waals surface area contributed by atoms with Crippen molar-refractivity contribution in [1.82, 2.24) is 5.32 Å². The Balaban J connectivity index is 2.20. The van der Waals surface area contributed by atoms with Crippen molar-refractivity contribution < 1.29 is 4.79 Å². The van der Waals surface area contributed by atoms with Gasteiger partial charge in [0.05, 0.1) is 0 Å². The summed E-state index contributed by atoms with van der Waals surface area (Å²) in [6.07, 6.45) is 3.24. The second-order valence-electron chi connectivity index (χ2n) is 5.76. The molecule has 1 aliphatic carbocycles. The van der Waals surface area contributed by atoms with E-state index in [-0.39, 0.29) is 5.91 Å². The Labute approximate surface area is 80.1 Å². The summed E-state index contributed by atoms with van der Waals surface area (Å²) in [5.41, 5.74) is 0.728. The van der Waals surface area contributed by atoms with Crippen molar-refractivity contribution in [3.05, 3.63) is 0 Å². The van der Waals surface area contributed by atoms with Crippen molar-refractivity contribution in [2.75, 3.05) is 6.54 Å². The third-order valence-electron chi connectivity index (χ3n) is 3.89. The summed E-state index contributed by atoms with van der Waals surface area (Å²) in [5, 5.41) is 2.98. The molecule has 1 heterocycles. The smallest absolute Gasteiger partial charge is 0.220 e. The van der Waals surface area contributed by atoms with Gasteiger partial charge in [-0.25, -0.2) is 0 Å². The lowest BCUT2D eigenvalue weighted by molar-refractivity contribution is -0.119. The summed E-state index contributed by atoms with van der Waals surface area (Å²) >= 11 is 0. The molecule has 1 saturated carbocycles. The average molecular weight is 181 g/mol. The average Bonchev–Trinajstić information content (AvgIpc) is 2.39. The third kappa shape index (κ3) is 1.36. The quantitative estimate of drug-likeness (QED) is 0.608. The monoisotopic (exact) mass is 181 g/mol. The first-order valence-electron chi connectivity index (χ1n) is 5.20. The van der Waals surface area contributed by atoms with Crippen LogP contribution in [0.2, 0.25) is 0 Å². The van der Waals surface area contributed by atoms with E-state index < -0.39 is 0 Å². The second-order valence-corrected chi connectivity index (χ2v) is 5.76. The molecule has 0 aromatic rings. The van der Waals surface area contributed by atoms with Gasteiger partial charge in [0.1, 0.15) is 0 Å². The van der Waals surface area contributed by atoms with Crippen molar-refractivity contribution in [3.63, 3.8) is 0 Å². The van der Waals surface area contributed by atoms with Crippen LogP contribution >= 0.6 is 0 Å². The molecule has 1 N–H and O–H groups in total. The van der Waals surface area contributed by atoms with Crippen LogP contribution in [0.4, 0.5) is 0 Å². The van der Waals surface area contributed by atoms with Gasteiger partial charge in [-0.3, -0.25) is 4.79 Å². The predicted molar refractivity (Wildman–Crippen MR) is 52.2 cm³/mol. The second kappa shape index (κ2) is 2.49. The molecule has 74 valence electrons. The maximum absolute atomic E-state index is 11.2. The van der Waals surface area contributed by atoms with Gasteiger partial charge in [0, 0.05) is 13.0 Å². The molecule has 2 aliphatic rings. The summed E-state index contributed by atoms with van der Waals surface area (Å²) in [6, 6.07) is 0. The van der Waals surface area contributed by atoms with Crippen molar-refractivity contribution in [3.8, 4) is 0 Å². The first kappa shape index (κ1) is 9.04. The topological polar surface area (TPSA) is 29.1 Å². The molecule has 1 spiro atoms. The SMILES string of the molecule is CC1CC(C)(C)CC12CNC(=O)C2. The fourth-order valence-corrected chi connectivity index (χ4v) is 3.44. The van der Waals surface area contributed by atoms with E-state index in [1.807, 2.05) is 0 Å². The first-order chi connectivity index (χ1) is 5.94. The Bertz CT molecular complexity index is 246. The summed E-state index contributed by atoms with van der Waals surface area (Å²) < 4.78 is 0. The third-order valence-corrected chi connectivity index (χ3v) is 3.89. The fraction of sp³-hybridized carbons (Fsp3) is 0.909. The molecule has 2 rings (SSSR count). The fourth-order valence-electron chi connectivity index (χ4n) is 3.44. The highest BCUT2D eigenvalue weighted by atomic mass is 16.1. The summed E-state index contributed by atoms with van der Waals surface area (Å²) in [7, 11) is 0. The first-order valence-corrected chi connectivity index (χ1v) is 5.20. The number of carbonyl (C=O) groups excluding carboxylic acids is 1. The molecule has 1 amide bonds. The summed E-state index contributed by atoms with van der Waals surface area (Å²) in [6.45, 7) is 7.85. The molecule has 2 heteroatoms. The van der Waals surface area contributed by atoms with Crippen LogP contribution in [0.1, 0.15) is 40.0 Å². The van der Waals surface area contributed by atoms with E-state index in [0.717, 1.165) is 13.0 Å². The van der Waals surface area contributed by atoms with Crippen LogP contribution in [0.15, 0.2) is 0 Å². The highest BCUT2D eigenvalue weighted by Crippen LogP contribution is 2.55. The maximum Gasteiger partial charge on any atom is 0.220 e. The van der Waals surface area contributed by atoms with Crippen LogP contribution in [0.5, 0.6) is 0 Å². The van der Waals surface area contributed by atoms with E-state index in [2.05, 4.69) is 26.1 Å². The van der Waals surface area contributed by atoms with Crippen LogP contribution in [0, 0.1) is 16.7 Å². The predicted octanol–water partition coefficient (Wildman–Crippen LogP) is 1.95. The van der Waals surface area contributed by atoms with Gasteiger partial charge in [-0.05, 0) is 29.6 Å². The van der Waals surface area contributed by atoms with Crippen LogP contribution in [0.25, 0.3) is 0 Å². The van der Waals surface area contributed by atoms with E-state index in [1.165, 1.54) is 12.8 Å². The van der Waals surface area contributed by atoms with Gasteiger partial charge in [-0.1, -0.05) is 20.8 Å². The Morgan fingerprint density at radius 1 is 1.46 bits per heavy atom. The standard InChI is InChI=1S/C11H19NO/c1-8-4-10(2,3)6-11(8)5-9(13)12-7-11/h8H,4-7H2,1-3H3,(H,12,13). The maximum atomic E-state index is 11.2. The van der Waals surface area contributed by atoms with E-state index in [0.29, 0.717) is 16.7 Å². The largest absolute Gasteiger partial charge is 0.356 e. The number of nitrogens with one attached hydrogen (secondary N) is 1. The molecule has 2 atom stereocenters. The number of hydrogen-bond acceptors (Lipinski definition) is 1. The molecule has 1 aliphatic heterocycles. The molecule has 2 unspecified atom stereocenters. The molecule has 2 nitrogen and oxygen atoms in total. The van der Waals surface area contributed by atoms with Crippen molar-refractivity contribution in [1.29, 1.82) is 0 Å². The zero-order chi connectivity index (χ0) is 9.69. The molecular weight excluding hydrogens is 162 g/mol. The van der Waals surface area contributed by atoms with E-state index >= 15 is 0 Å². The van der Waals surface area contributed by atoms with Gasteiger partial charge >= 0.3 is 0 Å². The zero-order valence-corrected chi connectivity index (χ0v) is 8.81. The number of rotatable bonds is 0. The molecule has 2 fully saturated rings. The van der Waals surface area contributed by atoms with E-state index in [4.69, 9.17) is 0 Å². The normalized spacial score (nSPS) is 42.7. The van der Waals surface area contributed by atoms with Gasteiger partial charge in [0.15, 0.2) is 0 Å². The summed E-state index contributed by atoms with van der Waals surface area (Å²) in [5.74, 6) is 0.950. The lowest BCUT2D eigenvalue weighted by Crippen LogP contribution is -2.26. The van der Waals surface area contributed by atoms with Gasteiger partial charge < -0.3 is 5.32 Å². The van der Waals surface area contributed by atoms with Crippen molar-refractivity contribution >= 4 is 5.91 Å². The van der Waals surface area contributed by atoms with Crippen LogP contribution in [-0.2, 0) is 4.79 Å². The molecule has 0 bridgehead atoms. The summed E-state index contributed by atoms with van der Waals surface area (Å²) in [4.78, 5) is 11.2. The number of amides is 1. The van der Waals surface area contributed by atoms with Gasteiger partial charge in [-0.15, -0.1) is 0 Å². The Hall–Kier alpha value is -0.530. The van der Waals surface area contributed by atoms with Crippen LogP contribution < -0.4 is 5.32 Å². The minimum atomic E-state index is 0.254. The van der Waals surface area contributed by atoms with Gasteiger partial charge in [0.2, 0.25) is 5.91 Å². The number of hydrogen-bond donors (Lipinski definition) is 1. The highest BCUT2D eigenvalue weighted by Gasteiger charge is 2.51. The van der Waals surface area contributed by atoms with Crippen LogP contribution in [-0.4, -0.2) is 12.5 Å².